The largest absolute Gasteiger partial charge is 0.303 e. The van der Waals surface area contributed by atoms with Crippen molar-refractivity contribution in [3.05, 3.63) is 30.1 Å². The molecule has 0 bridgehead atoms. The first-order valence-corrected chi connectivity index (χ1v) is 5.49. The predicted octanol–water partition coefficient (Wildman–Crippen LogP) is 1.91. The van der Waals surface area contributed by atoms with Crippen LogP contribution in [-0.4, -0.2) is 29.5 Å². The predicted molar refractivity (Wildman–Crippen MR) is 57.1 cm³/mol. The minimum Gasteiger partial charge on any atom is -0.303 e. The molecule has 1 aromatic heterocycles. The first-order valence-electron chi connectivity index (χ1n) is 5.49. The molecule has 0 saturated carbocycles. The lowest BCUT2D eigenvalue weighted by molar-refractivity contribution is 0.231. The maximum atomic E-state index is 4.21. The van der Waals surface area contributed by atoms with Crippen molar-refractivity contribution in [3.63, 3.8) is 0 Å². The van der Waals surface area contributed by atoms with Crippen LogP contribution >= 0.6 is 0 Å². The molecular weight excluding hydrogens is 172 g/mol. The van der Waals surface area contributed by atoms with E-state index < -0.39 is 0 Å². The van der Waals surface area contributed by atoms with Gasteiger partial charge < -0.3 is 4.90 Å². The average Bonchev–Trinajstić information content (AvgIpc) is 2.29. The third kappa shape index (κ3) is 2.81. The minimum atomic E-state index is 1.07. The van der Waals surface area contributed by atoms with E-state index in [-0.39, 0.29) is 0 Å². The SMILES string of the molecule is [c]1cccc(CCN2CCCCC2)n1. The van der Waals surface area contributed by atoms with Gasteiger partial charge in [0.05, 0.1) is 6.20 Å². The zero-order valence-corrected chi connectivity index (χ0v) is 8.58. The number of aromatic nitrogens is 1. The van der Waals surface area contributed by atoms with Gasteiger partial charge in [0.15, 0.2) is 0 Å². The number of likely N-dealkylation sites (tertiary alicyclic amines) is 1. The zero-order valence-electron chi connectivity index (χ0n) is 8.58. The summed E-state index contributed by atoms with van der Waals surface area (Å²) in [5.74, 6) is 0. The van der Waals surface area contributed by atoms with Crippen LogP contribution in [0.15, 0.2) is 18.2 Å². The van der Waals surface area contributed by atoms with Crippen molar-refractivity contribution >= 4 is 0 Å². The van der Waals surface area contributed by atoms with Gasteiger partial charge >= 0.3 is 0 Å². The fraction of sp³-hybridized carbons (Fsp3) is 0.583. The topological polar surface area (TPSA) is 16.1 Å². The smallest absolute Gasteiger partial charge is 0.0889 e. The van der Waals surface area contributed by atoms with Crippen molar-refractivity contribution in [2.45, 2.75) is 25.7 Å². The molecule has 1 aromatic rings. The molecule has 0 N–H and O–H groups in total. The van der Waals surface area contributed by atoms with Crippen LogP contribution in [0.2, 0.25) is 0 Å². The van der Waals surface area contributed by atoms with Crippen molar-refractivity contribution < 1.29 is 0 Å². The number of nitrogens with zero attached hydrogens (tertiary/aromatic N) is 2. The molecule has 0 unspecified atom stereocenters. The Morgan fingerprint density at radius 2 is 2.14 bits per heavy atom. The summed E-state index contributed by atoms with van der Waals surface area (Å²) in [5, 5.41) is 0. The molecule has 0 atom stereocenters. The third-order valence-corrected chi connectivity index (χ3v) is 2.80. The summed E-state index contributed by atoms with van der Waals surface area (Å²) < 4.78 is 0. The molecule has 1 saturated heterocycles. The molecule has 2 nitrogen and oxygen atoms in total. The van der Waals surface area contributed by atoms with Crippen molar-refractivity contribution in [2.75, 3.05) is 19.6 Å². The quantitative estimate of drug-likeness (QED) is 0.722. The fourth-order valence-corrected chi connectivity index (χ4v) is 1.95. The molecule has 1 radical (unpaired) electrons. The molecule has 0 spiro atoms. The van der Waals surface area contributed by atoms with Gasteiger partial charge in [-0.25, -0.2) is 0 Å². The third-order valence-electron chi connectivity index (χ3n) is 2.80. The monoisotopic (exact) mass is 189 g/mol. The van der Waals surface area contributed by atoms with Crippen molar-refractivity contribution in [1.29, 1.82) is 0 Å². The van der Waals surface area contributed by atoms with Crippen LogP contribution < -0.4 is 0 Å². The van der Waals surface area contributed by atoms with Gasteiger partial charge in [0.1, 0.15) is 0 Å². The number of pyridine rings is 1. The Labute approximate surface area is 86.0 Å². The summed E-state index contributed by atoms with van der Waals surface area (Å²) in [6, 6.07) is 5.95. The molecule has 14 heavy (non-hydrogen) atoms. The molecule has 0 amide bonds. The highest BCUT2D eigenvalue weighted by molar-refractivity contribution is 5.03. The lowest BCUT2D eigenvalue weighted by Gasteiger charge is -2.26. The minimum absolute atomic E-state index is 1.07. The van der Waals surface area contributed by atoms with Crippen molar-refractivity contribution in [3.8, 4) is 0 Å². The fourth-order valence-electron chi connectivity index (χ4n) is 1.95. The molecule has 2 heteroatoms. The van der Waals surface area contributed by atoms with E-state index in [4.69, 9.17) is 0 Å². The van der Waals surface area contributed by atoms with Gasteiger partial charge in [0.25, 0.3) is 0 Å². The van der Waals surface area contributed by atoms with Crippen LogP contribution in [0, 0.1) is 6.20 Å². The van der Waals surface area contributed by atoms with Gasteiger partial charge in [-0.15, -0.1) is 0 Å². The summed E-state index contributed by atoms with van der Waals surface area (Å²) in [6.07, 6.45) is 8.10. The second-order valence-corrected chi connectivity index (χ2v) is 3.91. The highest BCUT2D eigenvalue weighted by atomic mass is 15.1. The van der Waals surface area contributed by atoms with Crippen LogP contribution in [0.3, 0.4) is 0 Å². The van der Waals surface area contributed by atoms with E-state index in [0.29, 0.717) is 0 Å². The number of rotatable bonds is 3. The second-order valence-electron chi connectivity index (χ2n) is 3.91. The molecule has 0 aliphatic carbocycles. The molecule has 1 fully saturated rings. The summed E-state index contributed by atoms with van der Waals surface area (Å²) in [6.45, 7) is 3.71. The highest BCUT2D eigenvalue weighted by Gasteiger charge is 2.09. The average molecular weight is 189 g/mol. The number of hydrogen-bond acceptors (Lipinski definition) is 2. The van der Waals surface area contributed by atoms with E-state index in [9.17, 15) is 0 Å². The van der Waals surface area contributed by atoms with Gasteiger partial charge in [-0.1, -0.05) is 12.5 Å². The molecular formula is C12H17N2. The lowest BCUT2D eigenvalue weighted by Crippen LogP contribution is -2.31. The second kappa shape index (κ2) is 5.11. The molecule has 1 aliphatic rings. The normalized spacial score (nSPS) is 18.3. The highest BCUT2D eigenvalue weighted by Crippen LogP contribution is 2.08. The van der Waals surface area contributed by atoms with E-state index in [2.05, 4.69) is 22.1 Å². The zero-order chi connectivity index (χ0) is 9.64. The molecule has 1 aliphatic heterocycles. The standard InChI is InChI=1S/C12H17N2/c1-4-9-14(10-5-1)11-7-12-6-2-3-8-13-12/h2-3,6H,1,4-5,7,9-11H2. The Morgan fingerprint density at radius 3 is 2.86 bits per heavy atom. The maximum absolute atomic E-state index is 4.21. The Morgan fingerprint density at radius 1 is 1.29 bits per heavy atom. The Kier molecular flexibility index (Phi) is 3.52. The van der Waals surface area contributed by atoms with Gasteiger partial charge in [0, 0.05) is 18.7 Å². The van der Waals surface area contributed by atoms with Crippen LogP contribution in [0.1, 0.15) is 25.0 Å². The summed E-state index contributed by atoms with van der Waals surface area (Å²) in [4.78, 5) is 6.75. The van der Waals surface area contributed by atoms with E-state index in [1.54, 1.807) is 0 Å². The molecule has 0 aromatic carbocycles. The molecule has 2 rings (SSSR count). The van der Waals surface area contributed by atoms with Gasteiger partial charge in [-0.05, 0) is 38.1 Å². The Balaban J connectivity index is 1.76. The van der Waals surface area contributed by atoms with Crippen LogP contribution in [0.5, 0.6) is 0 Å². The Bertz CT molecular complexity index is 252. The van der Waals surface area contributed by atoms with Crippen molar-refractivity contribution in [1.82, 2.24) is 9.88 Å². The summed E-state index contributed by atoms with van der Waals surface area (Å²) >= 11 is 0. The first-order chi connectivity index (χ1) is 6.95. The Hall–Kier alpha value is -0.890. The maximum Gasteiger partial charge on any atom is 0.0889 e. The van der Waals surface area contributed by atoms with Gasteiger partial charge in [-0.2, -0.15) is 0 Å². The van der Waals surface area contributed by atoms with Gasteiger partial charge in [0.2, 0.25) is 0 Å². The molecule has 75 valence electrons. The van der Waals surface area contributed by atoms with E-state index in [1.807, 2.05) is 12.1 Å². The van der Waals surface area contributed by atoms with Crippen LogP contribution in [0.25, 0.3) is 0 Å². The summed E-state index contributed by atoms with van der Waals surface area (Å²) in [7, 11) is 0. The molecule has 2 heterocycles. The van der Waals surface area contributed by atoms with E-state index >= 15 is 0 Å². The van der Waals surface area contributed by atoms with E-state index in [0.717, 1.165) is 18.7 Å². The first kappa shape index (κ1) is 9.66. The number of piperidine rings is 1. The van der Waals surface area contributed by atoms with Crippen LogP contribution in [0.4, 0.5) is 0 Å². The van der Waals surface area contributed by atoms with Crippen molar-refractivity contribution in [2.24, 2.45) is 0 Å². The lowest BCUT2D eigenvalue weighted by atomic mass is 10.1. The number of hydrogen-bond donors (Lipinski definition) is 0. The summed E-state index contributed by atoms with van der Waals surface area (Å²) in [5.41, 5.74) is 1.16. The van der Waals surface area contributed by atoms with Gasteiger partial charge in [-0.3, -0.25) is 4.98 Å². The van der Waals surface area contributed by atoms with E-state index in [1.165, 1.54) is 32.4 Å². The van der Waals surface area contributed by atoms with Crippen LogP contribution in [-0.2, 0) is 6.42 Å².